The number of hydrogen-bond donors (Lipinski definition) is 0. The fourth-order valence-corrected chi connectivity index (χ4v) is 3.17. The minimum absolute atomic E-state index is 0.306. The van der Waals surface area contributed by atoms with Gasteiger partial charge in [0.2, 0.25) is 0 Å². The molecule has 0 aliphatic carbocycles. The van der Waals surface area contributed by atoms with Crippen LogP contribution < -0.4 is 0 Å². The van der Waals surface area contributed by atoms with Gasteiger partial charge in [-0.25, -0.2) is 9.78 Å². The fraction of sp³-hybridized carbons (Fsp3) is 0.111. The van der Waals surface area contributed by atoms with Crippen molar-refractivity contribution in [3.63, 3.8) is 0 Å². The van der Waals surface area contributed by atoms with Crippen LogP contribution in [-0.2, 0) is 4.74 Å². The van der Waals surface area contributed by atoms with E-state index in [2.05, 4.69) is 4.98 Å². The van der Waals surface area contributed by atoms with Gasteiger partial charge in [0.05, 0.1) is 17.0 Å². The summed E-state index contributed by atoms with van der Waals surface area (Å²) >= 11 is 7.51. The van der Waals surface area contributed by atoms with Gasteiger partial charge in [-0.15, -0.1) is 11.3 Å². The molecule has 5 heteroatoms. The van der Waals surface area contributed by atoms with E-state index in [1.165, 1.54) is 0 Å². The maximum absolute atomic E-state index is 11.7. The van der Waals surface area contributed by atoms with Crippen LogP contribution in [0.15, 0.2) is 54.7 Å². The first kappa shape index (κ1) is 15.7. The molecular formula is C18H14ClNO2S. The molecule has 0 spiro atoms. The second-order valence-corrected chi connectivity index (χ2v) is 6.30. The molecule has 3 aromatic rings. The molecule has 23 heavy (non-hydrogen) atoms. The fourth-order valence-electron chi connectivity index (χ4n) is 2.12. The molecule has 0 amide bonds. The molecule has 3 nitrogen and oxygen atoms in total. The van der Waals surface area contributed by atoms with Crippen LogP contribution in [0.4, 0.5) is 0 Å². The van der Waals surface area contributed by atoms with Gasteiger partial charge in [0, 0.05) is 16.8 Å². The molecule has 0 radical (unpaired) electrons. The Morgan fingerprint density at radius 3 is 2.39 bits per heavy atom. The van der Waals surface area contributed by atoms with Crippen LogP contribution in [0.5, 0.6) is 0 Å². The van der Waals surface area contributed by atoms with Crippen LogP contribution in [-0.4, -0.2) is 17.6 Å². The predicted octanol–water partition coefficient (Wildman–Crippen LogP) is 5.31. The third-order valence-electron chi connectivity index (χ3n) is 3.28. The van der Waals surface area contributed by atoms with Gasteiger partial charge in [-0.2, -0.15) is 0 Å². The Hall–Kier alpha value is -2.17. The van der Waals surface area contributed by atoms with E-state index >= 15 is 0 Å². The number of hydrogen-bond acceptors (Lipinski definition) is 4. The highest BCUT2D eigenvalue weighted by Crippen LogP contribution is 2.32. The van der Waals surface area contributed by atoms with Crippen molar-refractivity contribution in [1.29, 1.82) is 0 Å². The molecular weight excluding hydrogens is 330 g/mol. The van der Waals surface area contributed by atoms with E-state index in [4.69, 9.17) is 16.3 Å². The number of halogens is 1. The minimum Gasteiger partial charge on any atom is -0.462 e. The second kappa shape index (κ2) is 6.94. The molecule has 0 bridgehead atoms. The normalized spacial score (nSPS) is 10.5. The summed E-state index contributed by atoms with van der Waals surface area (Å²) in [6.45, 7) is 2.16. The number of carbonyl (C=O) groups excluding carboxylic acids is 1. The minimum atomic E-state index is -0.306. The molecule has 3 rings (SSSR count). The molecule has 0 N–H and O–H groups in total. The van der Waals surface area contributed by atoms with Crippen molar-refractivity contribution < 1.29 is 9.53 Å². The van der Waals surface area contributed by atoms with Crippen LogP contribution in [0, 0.1) is 0 Å². The lowest BCUT2D eigenvalue weighted by Crippen LogP contribution is -2.03. The van der Waals surface area contributed by atoms with Crippen molar-refractivity contribution in [1.82, 2.24) is 4.98 Å². The van der Waals surface area contributed by atoms with E-state index in [-0.39, 0.29) is 5.97 Å². The average Bonchev–Trinajstić information content (AvgIpc) is 3.06. The van der Waals surface area contributed by atoms with Crippen molar-refractivity contribution in [2.75, 3.05) is 6.61 Å². The summed E-state index contributed by atoms with van der Waals surface area (Å²) in [6, 6.07) is 15.0. The van der Waals surface area contributed by atoms with Crippen LogP contribution in [0.3, 0.4) is 0 Å². The lowest BCUT2D eigenvalue weighted by Gasteiger charge is -2.02. The zero-order valence-corrected chi connectivity index (χ0v) is 14.0. The second-order valence-electron chi connectivity index (χ2n) is 4.83. The van der Waals surface area contributed by atoms with Crippen LogP contribution in [0.1, 0.15) is 17.3 Å². The van der Waals surface area contributed by atoms with Crippen LogP contribution in [0.25, 0.3) is 21.0 Å². The standard InChI is InChI=1S/C18H14ClNO2S/c1-2-22-18(21)14-5-3-13(4-6-14)17-20-11-16(23-17)12-7-9-15(19)10-8-12/h3-11H,2H2,1H3. The third kappa shape index (κ3) is 3.60. The number of ether oxygens (including phenoxy) is 1. The summed E-state index contributed by atoms with van der Waals surface area (Å²) in [4.78, 5) is 17.2. The van der Waals surface area contributed by atoms with E-state index in [1.54, 1.807) is 30.4 Å². The molecule has 0 aliphatic rings. The molecule has 0 unspecified atom stereocenters. The first-order valence-electron chi connectivity index (χ1n) is 7.16. The topological polar surface area (TPSA) is 39.2 Å². The summed E-state index contributed by atoms with van der Waals surface area (Å²) in [7, 11) is 0. The molecule has 0 saturated carbocycles. The van der Waals surface area contributed by atoms with E-state index in [1.807, 2.05) is 42.6 Å². The molecule has 116 valence electrons. The summed E-state index contributed by atoms with van der Waals surface area (Å²) in [5.74, 6) is -0.306. The number of thiazole rings is 1. The quantitative estimate of drug-likeness (QED) is 0.603. The monoisotopic (exact) mass is 343 g/mol. The summed E-state index contributed by atoms with van der Waals surface area (Å²) in [5.41, 5.74) is 2.61. The lowest BCUT2D eigenvalue weighted by molar-refractivity contribution is 0.0526. The van der Waals surface area contributed by atoms with Gasteiger partial charge in [0.15, 0.2) is 0 Å². The summed E-state index contributed by atoms with van der Waals surface area (Å²) in [6.07, 6.45) is 1.85. The number of benzene rings is 2. The first-order valence-corrected chi connectivity index (χ1v) is 8.36. The molecule has 0 fully saturated rings. The zero-order chi connectivity index (χ0) is 16.2. The first-order chi connectivity index (χ1) is 11.2. The van der Waals surface area contributed by atoms with Gasteiger partial charge in [0.25, 0.3) is 0 Å². The van der Waals surface area contributed by atoms with E-state index in [0.29, 0.717) is 17.2 Å². The molecule has 2 aromatic carbocycles. The highest BCUT2D eigenvalue weighted by molar-refractivity contribution is 7.18. The van der Waals surface area contributed by atoms with Crippen molar-refractivity contribution >= 4 is 28.9 Å². The smallest absolute Gasteiger partial charge is 0.338 e. The highest BCUT2D eigenvalue weighted by Gasteiger charge is 2.09. The largest absolute Gasteiger partial charge is 0.462 e. The number of nitrogens with zero attached hydrogens (tertiary/aromatic N) is 1. The molecule has 0 atom stereocenters. The lowest BCUT2D eigenvalue weighted by atomic mass is 10.1. The number of esters is 1. The number of carbonyl (C=O) groups is 1. The molecule has 0 aliphatic heterocycles. The number of rotatable bonds is 4. The van der Waals surface area contributed by atoms with Crippen molar-refractivity contribution in [3.05, 3.63) is 65.3 Å². The van der Waals surface area contributed by atoms with E-state index in [9.17, 15) is 4.79 Å². The summed E-state index contributed by atoms with van der Waals surface area (Å²) < 4.78 is 4.98. The van der Waals surface area contributed by atoms with E-state index < -0.39 is 0 Å². The Morgan fingerprint density at radius 1 is 1.09 bits per heavy atom. The predicted molar refractivity (Wildman–Crippen MR) is 94.0 cm³/mol. The molecule has 1 aromatic heterocycles. The van der Waals surface area contributed by atoms with E-state index in [0.717, 1.165) is 21.0 Å². The van der Waals surface area contributed by atoms with Crippen molar-refractivity contribution in [2.45, 2.75) is 6.92 Å². The third-order valence-corrected chi connectivity index (χ3v) is 4.62. The Kier molecular flexibility index (Phi) is 4.74. The van der Waals surface area contributed by atoms with Gasteiger partial charge in [-0.05, 0) is 36.8 Å². The molecule has 0 saturated heterocycles. The Balaban J connectivity index is 1.83. The van der Waals surface area contributed by atoms with Gasteiger partial charge in [-0.1, -0.05) is 35.9 Å². The number of aromatic nitrogens is 1. The van der Waals surface area contributed by atoms with Gasteiger partial charge < -0.3 is 4.74 Å². The Bertz CT molecular complexity index is 810. The van der Waals surface area contributed by atoms with Gasteiger partial charge in [0.1, 0.15) is 5.01 Å². The van der Waals surface area contributed by atoms with Gasteiger partial charge in [-0.3, -0.25) is 0 Å². The summed E-state index contributed by atoms with van der Waals surface area (Å²) in [5, 5.41) is 1.62. The maximum atomic E-state index is 11.7. The van der Waals surface area contributed by atoms with Crippen LogP contribution >= 0.6 is 22.9 Å². The van der Waals surface area contributed by atoms with Crippen molar-refractivity contribution in [3.8, 4) is 21.0 Å². The SMILES string of the molecule is CCOC(=O)c1ccc(-c2ncc(-c3ccc(Cl)cc3)s2)cc1. The Morgan fingerprint density at radius 2 is 1.74 bits per heavy atom. The molecule has 1 heterocycles. The van der Waals surface area contributed by atoms with Gasteiger partial charge >= 0.3 is 5.97 Å². The Labute approximate surface area is 143 Å². The average molecular weight is 344 g/mol. The maximum Gasteiger partial charge on any atom is 0.338 e. The van der Waals surface area contributed by atoms with Crippen LogP contribution in [0.2, 0.25) is 5.02 Å². The highest BCUT2D eigenvalue weighted by atomic mass is 35.5. The van der Waals surface area contributed by atoms with Crippen molar-refractivity contribution in [2.24, 2.45) is 0 Å². The zero-order valence-electron chi connectivity index (χ0n) is 12.5.